The van der Waals surface area contributed by atoms with Crippen molar-refractivity contribution >= 4 is 35.3 Å². The number of thiophene rings is 1. The van der Waals surface area contributed by atoms with Gasteiger partial charge in [0.05, 0.1) is 12.6 Å². The molecule has 1 unspecified atom stereocenters. The number of carbonyl (C=O) groups excluding carboxylic acids is 2. The number of benzene rings is 1. The Labute approximate surface area is 172 Å². The highest BCUT2D eigenvalue weighted by Crippen LogP contribution is 2.12. The van der Waals surface area contributed by atoms with E-state index in [0.29, 0.717) is 11.3 Å². The minimum atomic E-state index is -1.07. The topological polar surface area (TPSA) is 117 Å². The molecule has 9 heteroatoms. The molecule has 8 nitrogen and oxygen atoms in total. The first-order valence-corrected chi connectivity index (χ1v) is 9.82. The molecule has 154 valence electrons. The van der Waals surface area contributed by atoms with Crippen LogP contribution in [-0.4, -0.2) is 41.8 Å². The minimum Gasteiger partial charge on any atom is -0.482 e. The molecule has 1 heterocycles. The number of hydrogen-bond donors (Lipinski definition) is 3. The molecule has 1 aromatic heterocycles. The number of hydrazone groups is 1. The number of carboxylic acids is 1. The van der Waals surface area contributed by atoms with Gasteiger partial charge in [0.1, 0.15) is 11.8 Å². The zero-order valence-corrected chi connectivity index (χ0v) is 16.9. The van der Waals surface area contributed by atoms with E-state index in [2.05, 4.69) is 15.8 Å². The van der Waals surface area contributed by atoms with Crippen LogP contribution in [-0.2, 0) is 20.8 Å². The molecule has 0 bridgehead atoms. The third-order valence-electron chi connectivity index (χ3n) is 3.79. The summed E-state index contributed by atoms with van der Waals surface area (Å²) in [4.78, 5) is 36.1. The van der Waals surface area contributed by atoms with E-state index < -0.39 is 24.5 Å². The summed E-state index contributed by atoms with van der Waals surface area (Å²) in [5.74, 6) is -1.46. The Bertz CT molecular complexity index is 865. The Morgan fingerprint density at radius 1 is 1.24 bits per heavy atom. The van der Waals surface area contributed by atoms with Gasteiger partial charge in [0.15, 0.2) is 6.61 Å². The third-order valence-corrected chi connectivity index (χ3v) is 4.67. The SMILES string of the molecule is CC(C)C(NC(=O)Cc1cccs1)C(=O)NN=Cc1cccc(OCC(=O)O)c1. The van der Waals surface area contributed by atoms with Gasteiger partial charge in [-0.1, -0.05) is 32.0 Å². The number of nitrogens with one attached hydrogen (secondary N) is 2. The Hall–Kier alpha value is -3.20. The maximum absolute atomic E-state index is 12.4. The first kappa shape index (κ1) is 22.1. The summed E-state index contributed by atoms with van der Waals surface area (Å²) in [6, 6.07) is 9.65. The van der Waals surface area contributed by atoms with Crippen molar-refractivity contribution in [2.75, 3.05) is 6.61 Å². The average molecular weight is 417 g/mol. The van der Waals surface area contributed by atoms with Crippen molar-refractivity contribution in [2.24, 2.45) is 11.0 Å². The summed E-state index contributed by atoms with van der Waals surface area (Å²) in [6.45, 7) is 3.23. The van der Waals surface area contributed by atoms with Crippen molar-refractivity contribution in [3.8, 4) is 5.75 Å². The second-order valence-corrected chi connectivity index (χ2v) is 7.57. The largest absolute Gasteiger partial charge is 0.482 e. The number of carboxylic acid groups (broad SMARTS) is 1. The summed E-state index contributed by atoms with van der Waals surface area (Å²) in [5, 5.41) is 17.2. The van der Waals surface area contributed by atoms with Crippen molar-refractivity contribution in [3.63, 3.8) is 0 Å². The summed E-state index contributed by atoms with van der Waals surface area (Å²) >= 11 is 1.49. The van der Waals surface area contributed by atoms with Crippen LogP contribution in [0.2, 0.25) is 0 Å². The van der Waals surface area contributed by atoms with E-state index in [9.17, 15) is 14.4 Å². The van der Waals surface area contributed by atoms with Gasteiger partial charge in [-0.05, 0) is 35.1 Å². The van der Waals surface area contributed by atoms with Crippen molar-refractivity contribution in [3.05, 3.63) is 52.2 Å². The van der Waals surface area contributed by atoms with E-state index in [1.807, 2.05) is 31.4 Å². The van der Waals surface area contributed by atoms with Gasteiger partial charge in [0, 0.05) is 4.88 Å². The highest BCUT2D eigenvalue weighted by Gasteiger charge is 2.24. The molecule has 2 amide bonds. The van der Waals surface area contributed by atoms with Gasteiger partial charge >= 0.3 is 5.97 Å². The summed E-state index contributed by atoms with van der Waals surface area (Å²) in [6.07, 6.45) is 1.64. The molecule has 3 N–H and O–H groups in total. The zero-order valence-electron chi connectivity index (χ0n) is 16.1. The summed E-state index contributed by atoms with van der Waals surface area (Å²) in [7, 11) is 0. The summed E-state index contributed by atoms with van der Waals surface area (Å²) < 4.78 is 5.10. The van der Waals surface area contributed by atoms with E-state index >= 15 is 0 Å². The molecule has 2 aromatic rings. The van der Waals surface area contributed by atoms with Crippen LogP contribution in [0.4, 0.5) is 0 Å². The normalized spacial score (nSPS) is 12.0. The number of hydrogen-bond acceptors (Lipinski definition) is 6. The third kappa shape index (κ3) is 7.74. The second-order valence-electron chi connectivity index (χ2n) is 6.53. The molecule has 0 aliphatic carbocycles. The molecule has 0 fully saturated rings. The monoisotopic (exact) mass is 417 g/mol. The van der Waals surface area contributed by atoms with Crippen molar-refractivity contribution in [1.82, 2.24) is 10.7 Å². The first-order valence-electron chi connectivity index (χ1n) is 8.94. The van der Waals surface area contributed by atoms with Gasteiger partial charge in [-0.3, -0.25) is 9.59 Å². The highest BCUT2D eigenvalue weighted by molar-refractivity contribution is 7.10. The number of aliphatic carboxylic acids is 1. The number of ether oxygens (including phenoxy) is 1. The molecule has 0 saturated heterocycles. The Kier molecular flexibility index (Phi) is 8.35. The number of nitrogens with zero attached hydrogens (tertiary/aromatic N) is 1. The van der Waals surface area contributed by atoms with Crippen LogP contribution < -0.4 is 15.5 Å². The fraction of sp³-hybridized carbons (Fsp3) is 0.300. The highest BCUT2D eigenvalue weighted by atomic mass is 32.1. The molecule has 1 aromatic carbocycles. The quantitative estimate of drug-likeness (QED) is 0.404. The van der Waals surface area contributed by atoms with Gasteiger partial charge in [0.25, 0.3) is 5.91 Å². The Morgan fingerprint density at radius 2 is 2.03 bits per heavy atom. The lowest BCUT2D eigenvalue weighted by Crippen LogP contribution is -2.49. The molecular weight excluding hydrogens is 394 g/mol. The molecule has 0 spiro atoms. The van der Waals surface area contributed by atoms with Gasteiger partial charge in [0.2, 0.25) is 5.91 Å². The zero-order chi connectivity index (χ0) is 21.2. The molecule has 29 heavy (non-hydrogen) atoms. The fourth-order valence-electron chi connectivity index (χ4n) is 2.40. The number of rotatable bonds is 10. The standard InChI is InChI=1S/C20H23N3O5S/c1-13(2)19(22-17(24)10-16-7-4-8-29-16)20(27)23-21-11-14-5-3-6-15(9-14)28-12-18(25)26/h3-9,11,13,19H,10,12H2,1-2H3,(H,22,24)(H,23,27)(H,25,26). The lowest BCUT2D eigenvalue weighted by Gasteiger charge is -2.20. The smallest absolute Gasteiger partial charge is 0.341 e. The predicted molar refractivity (Wildman–Crippen MR) is 110 cm³/mol. The molecular formula is C20H23N3O5S. The predicted octanol–water partition coefficient (Wildman–Crippen LogP) is 2.05. The lowest BCUT2D eigenvalue weighted by atomic mass is 10.0. The first-order chi connectivity index (χ1) is 13.8. The van der Waals surface area contributed by atoms with Crippen LogP contribution in [0.25, 0.3) is 0 Å². The number of carbonyl (C=O) groups is 3. The van der Waals surface area contributed by atoms with Crippen LogP contribution in [0.5, 0.6) is 5.75 Å². The van der Waals surface area contributed by atoms with E-state index in [4.69, 9.17) is 9.84 Å². The fourth-order valence-corrected chi connectivity index (χ4v) is 3.10. The van der Waals surface area contributed by atoms with Crippen LogP contribution >= 0.6 is 11.3 Å². The van der Waals surface area contributed by atoms with Gasteiger partial charge in [-0.15, -0.1) is 11.3 Å². The van der Waals surface area contributed by atoms with Gasteiger partial charge < -0.3 is 15.2 Å². The van der Waals surface area contributed by atoms with Crippen LogP contribution in [0, 0.1) is 5.92 Å². The Balaban J connectivity index is 1.91. The molecule has 0 radical (unpaired) electrons. The number of amides is 2. The average Bonchev–Trinajstić information content (AvgIpc) is 3.17. The van der Waals surface area contributed by atoms with Crippen LogP contribution in [0.1, 0.15) is 24.3 Å². The van der Waals surface area contributed by atoms with E-state index in [0.717, 1.165) is 4.88 Å². The molecule has 2 rings (SSSR count). The Morgan fingerprint density at radius 3 is 2.69 bits per heavy atom. The van der Waals surface area contributed by atoms with E-state index in [1.54, 1.807) is 24.3 Å². The van der Waals surface area contributed by atoms with Crippen molar-refractivity contribution in [2.45, 2.75) is 26.3 Å². The molecule has 0 aliphatic rings. The van der Waals surface area contributed by atoms with Crippen LogP contribution in [0.15, 0.2) is 46.9 Å². The van der Waals surface area contributed by atoms with Gasteiger partial charge in [-0.25, -0.2) is 10.2 Å². The van der Waals surface area contributed by atoms with E-state index in [-0.39, 0.29) is 18.2 Å². The second kappa shape index (κ2) is 11.0. The van der Waals surface area contributed by atoms with Crippen molar-refractivity contribution in [1.29, 1.82) is 0 Å². The van der Waals surface area contributed by atoms with Crippen molar-refractivity contribution < 1.29 is 24.2 Å². The maximum atomic E-state index is 12.4. The molecule has 1 atom stereocenters. The molecule has 0 saturated carbocycles. The van der Waals surface area contributed by atoms with E-state index in [1.165, 1.54) is 17.6 Å². The minimum absolute atomic E-state index is 0.120. The maximum Gasteiger partial charge on any atom is 0.341 e. The summed E-state index contributed by atoms with van der Waals surface area (Å²) in [5.41, 5.74) is 3.05. The lowest BCUT2D eigenvalue weighted by molar-refractivity contribution is -0.139. The van der Waals surface area contributed by atoms with Crippen LogP contribution in [0.3, 0.4) is 0 Å². The van der Waals surface area contributed by atoms with Gasteiger partial charge in [-0.2, -0.15) is 5.10 Å². The molecule has 0 aliphatic heterocycles.